The van der Waals surface area contributed by atoms with Crippen LogP contribution in [0.3, 0.4) is 0 Å². The van der Waals surface area contributed by atoms with E-state index in [1.165, 1.54) is 25.0 Å². The van der Waals surface area contributed by atoms with E-state index in [1.54, 1.807) is 0 Å². The molecule has 6 heteroatoms. The summed E-state index contributed by atoms with van der Waals surface area (Å²) in [6.07, 6.45) is 3.90. The van der Waals surface area contributed by atoms with Gasteiger partial charge in [-0.2, -0.15) is 0 Å². The third kappa shape index (κ3) is 3.44. The van der Waals surface area contributed by atoms with Gasteiger partial charge >= 0.3 is 117 Å². The van der Waals surface area contributed by atoms with Gasteiger partial charge in [-0.05, 0) is 0 Å². The summed E-state index contributed by atoms with van der Waals surface area (Å²) in [7, 11) is 4.32. The van der Waals surface area contributed by atoms with E-state index in [0.29, 0.717) is 21.8 Å². The molecule has 0 aromatic carbocycles. The van der Waals surface area contributed by atoms with Gasteiger partial charge in [0.2, 0.25) is 0 Å². The minimum absolute atomic E-state index is 0.378. The zero-order chi connectivity index (χ0) is 10.8. The minimum atomic E-state index is -0.761. The van der Waals surface area contributed by atoms with Gasteiger partial charge in [0.25, 0.3) is 0 Å². The van der Waals surface area contributed by atoms with Gasteiger partial charge in [-0.15, -0.1) is 0 Å². The second-order valence-electron chi connectivity index (χ2n) is 4.14. The first-order valence-corrected chi connectivity index (χ1v) is 14.0. The molecule has 1 aliphatic carbocycles. The molecule has 2 nitrogen and oxygen atoms in total. The van der Waals surface area contributed by atoms with Crippen molar-refractivity contribution in [3.05, 3.63) is 0 Å². The fourth-order valence-corrected chi connectivity index (χ4v) is 21.8. The molecule has 3 N–H and O–H groups in total. The summed E-state index contributed by atoms with van der Waals surface area (Å²) in [6, 6.07) is 0.432. The zero-order valence-electron chi connectivity index (χ0n) is 8.51. The van der Waals surface area contributed by atoms with Crippen molar-refractivity contribution in [1.82, 2.24) is 0 Å². The van der Waals surface area contributed by atoms with Gasteiger partial charge in [0, 0.05) is 0 Å². The van der Waals surface area contributed by atoms with E-state index in [0.717, 1.165) is 4.71 Å². The van der Waals surface area contributed by atoms with Crippen molar-refractivity contribution in [3.63, 3.8) is 0 Å². The van der Waals surface area contributed by atoms with Crippen molar-refractivity contribution in [2.24, 2.45) is 5.73 Å². The molecule has 0 aromatic rings. The molecule has 1 saturated carbocycles. The molecule has 1 heterocycles. The standard InChI is InChI=1S/C9H17AsINOS2/c11-8-3-6(1-2-9(8)12)10-14-5-7(4-13)15-10/h6-9,13H,1-5,12H2. The number of alkyl halides is 1. The van der Waals surface area contributed by atoms with Gasteiger partial charge in [0.05, 0.1) is 0 Å². The van der Waals surface area contributed by atoms with Crippen molar-refractivity contribution in [3.8, 4) is 0 Å². The quantitative estimate of drug-likeness (QED) is 0.407. The van der Waals surface area contributed by atoms with Gasteiger partial charge in [-0.3, -0.25) is 0 Å². The number of aliphatic hydroxyl groups is 1. The average molecular weight is 421 g/mol. The molecule has 0 radical (unpaired) electrons. The molecule has 1 saturated heterocycles. The Bertz CT molecular complexity index is 224. The maximum absolute atomic E-state index is 9.14. The fraction of sp³-hybridized carbons (Fsp3) is 1.00. The number of halogens is 1. The Kier molecular flexibility index (Phi) is 5.50. The van der Waals surface area contributed by atoms with E-state index in [9.17, 15) is 0 Å². The number of nitrogens with two attached hydrogens (primary N) is 1. The van der Waals surface area contributed by atoms with E-state index in [2.05, 4.69) is 42.6 Å². The van der Waals surface area contributed by atoms with Crippen LogP contribution in [0.2, 0.25) is 4.71 Å². The topological polar surface area (TPSA) is 46.2 Å². The summed E-state index contributed by atoms with van der Waals surface area (Å²) in [4.78, 5) is 0. The second kappa shape index (κ2) is 6.19. The molecule has 2 aliphatic rings. The summed E-state index contributed by atoms with van der Waals surface area (Å²) in [6.45, 7) is 0.378. The van der Waals surface area contributed by atoms with Crippen LogP contribution in [0.25, 0.3) is 0 Å². The van der Waals surface area contributed by atoms with Crippen molar-refractivity contribution in [2.45, 2.75) is 39.2 Å². The Morgan fingerprint density at radius 3 is 2.87 bits per heavy atom. The van der Waals surface area contributed by atoms with Crippen molar-refractivity contribution < 1.29 is 5.11 Å². The summed E-state index contributed by atoms with van der Waals surface area (Å²) >= 11 is 1.77. The summed E-state index contributed by atoms with van der Waals surface area (Å²) in [5, 5.41) is 9.68. The van der Waals surface area contributed by atoms with Crippen LogP contribution in [0.15, 0.2) is 0 Å². The van der Waals surface area contributed by atoms with E-state index in [-0.39, 0.29) is 0 Å². The van der Waals surface area contributed by atoms with Crippen LogP contribution in [-0.2, 0) is 0 Å². The van der Waals surface area contributed by atoms with Gasteiger partial charge < -0.3 is 0 Å². The number of hydrogen-bond acceptors (Lipinski definition) is 4. The van der Waals surface area contributed by atoms with Crippen LogP contribution in [0, 0.1) is 0 Å². The van der Waals surface area contributed by atoms with Crippen LogP contribution in [-0.4, -0.2) is 45.0 Å². The van der Waals surface area contributed by atoms with Crippen molar-refractivity contribution >= 4 is 55.0 Å². The van der Waals surface area contributed by atoms with Crippen molar-refractivity contribution in [1.29, 1.82) is 0 Å². The summed E-state index contributed by atoms with van der Waals surface area (Å²) in [5.74, 6) is 1.19. The number of aliphatic hydroxyl groups excluding tert-OH is 1. The fourth-order valence-electron chi connectivity index (χ4n) is 1.95. The molecular formula is C9H17AsINOS2. The first-order chi connectivity index (χ1) is 7.20. The Morgan fingerprint density at radius 2 is 2.27 bits per heavy atom. The number of hydrogen-bond donors (Lipinski definition) is 2. The van der Waals surface area contributed by atoms with Crippen LogP contribution >= 0.6 is 42.6 Å². The van der Waals surface area contributed by atoms with Gasteiger partial charge in [0.1, 0.15) is 0 Å². The Hall–Kier alpha value is 1.91. The molecule has 5 atom stereocenters. The molecule has 0 spiro atoms. The Labute approximate surface area is 116 Å². The third-order valence-corrected chi connectivity index (χ3v) is 20.3. The van der Waals surface area contributed by atoms with Crippen LogP contribution in [0.5, 0.6) is 0 Å². The monoisotopic (exact) mass is 421 g/mol. The molecule has 88 valence electrons. The van der Waals surface area contributed by atoms with Crippen LogP contribution in [0.4, 0.5) is 0 Å². The Balaban J connectivity index is 1.84. The first kappa shape index (κ1) is 13.3. The maximum atomic E-state index is 9.14. The SMILES string of the molecule is NC1CCC([As]2SCC(CO)S2)CC1I. The predicted molar refractivity (Wildman–Crippen MR) is 80.1 cm³/mol. The molecule has 5 unspecified atom stereocenters. The summed E-state index contributed by atoms with van der Waals surface area (Å²) < 4.78 is 1.65. The first-order valence-electron chi connectivity index (χ1n) is 5.30. The van der Waals surface area contributed by atoms with E-state index in [1.807, 2.05) is 0 Å². The third-order valence-electron chi connectivity index (χ3n) is 2.94. The molecule has 0 aromatic heterocycles. The number of rotatable bonds is 2. The normalized spacial score (nSPS) is 47.0. The van der Waals surface area contributed by atoms with E-state index in [4.69, 9.17) is 10.8 Å². The molecule has 2 rings (SSSR count). The van der Waals surface area contributed by atoms with E-state index >= 15 is 0 Å². The molecule has 2 fully saturated rings. The van der Waals surface area contributed by atoms with Gasteiger partial charge in [-0.25, -0.2) is 0 Å². The van der Waals surface area contributed by atoms with Crippen molar-refractivity contribution in [2.75, 3.05) is 12.4 Å². The second-order valence-corrected chi connectivity index (χ2v) is 18.2. The summed E-state index contributed by atoms with van der Waals surface area (Å²) in [5.41, 5.74) is 6.05. The molecule has 15 heavy (non-hydrogen) atoms. The van der Waals surface area contributed by atoms with Gasteiger partial charge in [0.15, 0.2) is 0 Å². The van der Waals surface area contributed by atoms with Crippen LogP contribution < -0.4 is 5.73 Å². The predicted octanol–water partition coefficient (Wildman–Crippen LogP) is 2.00. The Morgan fingerprint density at radius 1 is 1.47 bits per heavy atom. The van der Waals surface area contributed by atoms with Crippen LogP contribution in [0.1, 0.15) is 19.3 Å². The average Bonchev–Trinajstić information content (AvgIpc) is 2.70. The zero-order valence-corrected chi connectivity index (χ0v) is 14.2. The molecular weight excluding hydrogens is 404 g/mol. The van der Waals surface area contributed by atoms with Gasteiger partial charge in [-0.1, -0.05) is 0 Å². The van der Waals surface area contributed by atoms with E-state index < -0.39 is 12.3 Å². The molecule has 1 aliphatic heterocycles. The molecule has 0 amide bonds. The molecule has 0 bridgehead atoms.